The number of anilines is 1. The molecule has 1 aromatic heterocycles. The van der Waals surface area contributed by atoms with Gasteiger partial charge in [0.1, 0.15) is 23.5 Å². The zero-order valence-electron chi connectivity index (χ0n) is 13.2. The molecule has 3 rings (SSSR count). The summed E-state index contributed by atoms with van der Waals surface area (Å²) in [6, 6.07) is 18.5. The topological polar surface area (TPSA) is 62.9 Å². The molecule has 0 saturated heterocycles. The van der Waals surface area contributed by atoms with E-state index in [1.807, 2.05) is 66.5 Å². The molecule has 0 aliphatic heterocycles. The third kappa shape index (κ3) is 3.76. The van der Waals surface area contributed by atoms with E-state index >= 15 is 0 Å². The summed E-state index contributed by atoms with van der Waals surface area (Å²) in [5, 5.41) is 9.21. The van der Waals surface area contributed by atoms with Crippen LogP contribution < -0.4 is 15.1 Å². The summed E-state index contributed by atoms with van der Waals surface area (Å²) in [5.41, 5.74) is 0.502. The number of hydrogen-bond donors (Lipinski definition) is 1. The fourth-order valence-corrected chi connectivity index (χ4v) is 2.24. The fourth-order valence-electron chi connectivity index (χ4n) is 2.24. The van der Waals surface area contributed by atoms with Crippen molar-refractivity contribution < 1.29 is 14.3 Å². The molecule has 0 bridgehead atoms. The standard InChI is InChI=1S/C19H17NO4/c1-20(12-17-11-18(21)19(22)13-23-17)14-7-9-16(10-8-14)24-15-5-3-2-4-6-15/h2-11,13,22H,12H2,1H3. The van der Waals surface area contributed by atoms with Crippen molar-refractivity contribution >= 4 is 5.69 Å². The van der Waals surface area contributed by atoms with Crippen molar-refractivity contribution in [1.82, 2.24) is 0 Å². The molecule has 0 amide bonds. The Morgan fingerprint density at radius 2 is 1.71 bits per heavy atom. The van der Waals surface area contributed by atoms with Crippen LogP contribution in [0.25, 0.3) is 0 Å². The Hall–Kier alpha value is -3.21. The molecule has 0 aliphatic carbocycles. The van der Waals surface area contributed by atoms with Crippen molar-refractivity contribution in [2.75, 3.05) is 11.9 Å². The zero-order valence-corrected chi connectivity index (χ0v) is 13.2. The van der Waals surface area contributed by atoms with Crippen molar-refractivity contribution in [1.29, 1.82) is 0 Å². The van der Waals surface area contributed by atoms with Crippen LogP contribution in [0.5, 0.6) is 17.2 Å². The minimum absolute atomic E-state index is 0.385. The van der Waals surface area contributed by atoms with Gasteiger partial charge in [0.2, 0.25) is 5.43 Å². The third-order valence-electron chi connectivity index (χ3n) is 3.52. The van der Waals surface area contributed by atoms with Gasteiger partial charge in [-0.15, -0.1) is 0 Å². The van der Waals surface area contributed by atoms with E-state index in [2.05, 4.69) is 0 Å². The maximum atomic E-state index is 11.4. The second kappa shape index (κ2) is 6.91. The van der Waals surface area contributed by atoms with Crippen LogP contribution in [-0.4, -0.2) is 12.2 Å². The molecular formula is C19H17NO4. The Balaban J connectivity index is 1.68. The van der Waals surface area contributed by atoms with Crippen LogP contribution in [0, 0.1) is 0 Å². The van der Waals surface area contributed by atoms with Crippen LogP contribution in [-0.2, 0) is 6.54 Å². The van der Waals surface area contributed by atoms with Gasteiger partial charge in [0.05, 0.1) is 6.54 Å². The predicted molar refractivity (Wildman–Crippen MR) is 91.7 cm³/mol. The molecule has 0 fully saturated rings. The van der Waals surface area contributed by atoms with E-state index in [-0.39, 0.29) is 5.75 Å². The minimum atomic E-state index is -0.448. The monoisotopic (exact) mass is 323 g/mol. The van der Waals surface area contributed by atoms with Crippen molar-refractivity contribution in [2.24, 2.45) is 0 Å². The fraction of sp³-hybridized carbons (Fsp3) is 0.105. The lowest BCUT2D eigenvalue weighted by atomic mass is 10.2. The Bertz CT molecular complexity index is 857. The number of rotatable bonds is 5. The average Bonchev–Trinajstić information content (AvgIpc) is 2.60. The molecule has 0 saturated carbocycles. The summed E-state index contributed by atoms with van der Waals surface area (Å²) in [7, 11) is 1.89. The first kappa shape index (κ1) is 15.7. The Labute approximate surface area is 139 Å². The predicted octanol–water partition coefficient (Wildman–Crippen LogP) is 3.77. The van der Waals surface area contributed by atoms with Gasteiger partial charge in [0, 0.05) is 18.8 Å². The second-order valence-electron chi connectivity index (χ2n) is 5.36. The molecule has 5 nitrogen and oxygen atoms in total. The van der Waals surface area contributed by atoms with Crippen molar-refractivity contribution in [3.8, 4) is 17.2 Å². The van der Waals surface area contributed by atoms with E-state index in [1.54, 1.807) is 0 Å². The van der Waals surface area contributed by atoms with E-state index in [0.717, 1.165) is 23.4 Å². The van der Waals surface area contributed by atoms with Gasteiger partial charge in [-0.25, -0.2) is 0 Å². The third-order valence-corrected chi connectivity index (χ3v) is 3.52. The highest BCUT2D eigenvalue weighted by Gasteiger charge is 2.07. The first-order valence-corrected chi connectivity index (χ1v) is 7.46. The van der Waals surface area contributed by atoms with Gasteiger partial charge >= 0.3 is 0 Å². The molecule has 1 heterocycles. The maximum Gasteiger partial charge on any atom is 0.226 e. The Morgan fingerprint density at radius 1 is 1.04 bits per heavy atom. The highest BCUT2D eigenvalue weighted by Crippen LogP contribution is 2.24. The normalized spacial score (nSPS) is 10.4. The molecule has 24 heavy (non-hydrogen) atoms. The van der Waals surface area contributed by atoms with Crippen molar-refractivity contribution in [2.45, 2.75) is 6.54 Å². The number of benzene rings is 2. The molecule has 1 N–H and O–H groups in total. The second-order valence-corrected chi connectivity index (χ2v) is 5.36. The highest BCUT2D eigenvalue weighted by molar-refractivity contribution is 5.49. The van der Waals surface area contributed by atoms with E-state index in [0.29, 0.717) is 12.3 Å². The van der Waals surface area contributed by atoms with E-state index in [1.165, 1.54) is 6.07 Å². The molecular weight excluding hydrogens is 306 g/mol. The first-order valence-electron chi connectivity index (χ1n) is 7.46. The van der Waals surface area contributed by atoms with Crippen LogP contribution in [0.15, 0.2) is 76.1 Å². The van der Waals surface area contributed by atoms with Crippen LogP contribution in [0.2, 0.25) is 0 Å². The largest absolute Gasteiger partial charge is 0.502 e. The summed E-state index contributed by atoms with van der Waals surface area (Å²) in [5.74, 6) is 1.62. The molecule has 0 radical (unpaired) electrons. The first-order chi connectivity index (χ1) is 11.6. The molecule has 5 heteroatoms. The molecule has 2 aromatic carbocycles. The number of hydrogen-bond acceptors (Lipinski definition) is 5. The number of aromatic hydroxyl groups is 1. The molecule has 0 aliphatic rings. The van der Waals surface area contributed by atoms with Crippen LogP contribution in [0.4, 0.5) is 5.69 Å². The molecule has 0 atom stereocenters. The van der Waals surface area contributed by atoms with Gasteiger partial charge in [-0.1, -0.05) is 18.2 Å². The van der Waals surface area contributed by atoms with E-state index in [4.69, 9.17) is 9.15 Å². The number of para-hydroxylation sites is 1. The lowest BCUT2D eigenvalue weighted by Crippen LogP contribution is -2.17. The lowest BCUT2D eigenvalue weighted by molar-refractivity contribution is 0.412. The maximum absolute atomic E-state index is 11.4. The van der Waals surface area contributed by atoms with Crippen LogP contribution in [0.1, 0.15) is 5.76 Å². The van der Waals surface area contributed by atoms with Crippen LogP contribution in [0.3, 0.4) is 0 Å². The van der Waals surface area contributed by atoms with Gasteiger partial charge in [-0.3, -0.25) is 4.79 Å². The molecule has 0 unspecified atom stereocenters. The Kier molecular flexibility index (Phi) is 4.52. The van der Waals surface area contributed by atoms with Crippen molar-refractivity contribution in [3.05, 3.63) is 82.9 Å². The highest BCUT2D eigenvalue weighted by atomic mass is 16.5. The summed E-state index contributed by atoms with van der Waals surface area (Å²) in [6.45, 7) is 0.411. The summed E-state index contributed by atoms with van der Waals surface area (Å²) in [6.07, 6.45) is 1.06. The minimum Gasteiger partial charge on any atom is -0.502 e. The van der Waals surface area contributed by atoms with Crippen LogP contribution >= 0.6 is 0 Å². The van der Waals surface area contributed by atoms with Gasteiger partial charge in [0.25, 0.3) is 0 Å². The Morgan fingerprint density at radius 3 is 2.38 bits per heavy atom. The van der Waals surface area contributed by atoms with E-state index in [9.17, 15) is 9.90 Å². The smallest absolute Gasteiger partial charge is 0.226 e. The molecule has 3 aromatic rings. The summed E-state index contributed by atoms with van der Waals surface area (Å²) >= 11 is 0. The summed E-state index contributed by atoms with van der Waals surface area (Å²) < 4.78 is 11.0. The number of ether oxygens (including phenoxy) is 1. The summed E-state index contributed by atoms with van der Waals surface area (Å²) in [4.78, 5) is 13.4. The lowest BCUT2D eigenvalue weighted by Gasteiger charge is -2.18. The van der Waals surface area contributed by atoms with E-state index < -0.39 is 5.43 Å². The van der Waals surface area contributed by atoms with Gasteiger partial charge in [-0.2, -0.15) is 0 Å². The average molecular weight is 323 g/mol. The quantitative estimate of drug-likeness (QED) is 0.774. The van der Waals surface area contributed by atoms with Gasteiger partial charge < -0.3 is 19.2 Å². The van der Waals surface area contributed by atoms with Gasteiger partial charge in [0.15, 0.2) is 5.75 Å². The number of nitrogens with zero attached hydrogens (tertiary/aromatic N) is 1. The van der Waals surface area contributed by atoms with Crippen molar-refractivity contribution in [3.63, 3.8) is 0 Å². The van der Waals surface area contributed by atoms with Gasteiger partial charge in [-0.05, 0) is 36.4 Å². The molecule has 0 spiro atoms. The molecule has 122 valence electrons. The SMILES string of the molecule is CN(Cc1cc(=O)c(O)co1)c1ccc(Oc2ccccc2)cc1. The zero-order chi connectivity index (χ0) is 16.9.